The monoisotopic (exact) mass is 405 g/mol. The van der Waals surface area contributed by atoms with E-state index in [0.29, 0.717) is 21.9 Å². The van der Waals surface area contributed by atoms with Gasteiger partial charge in [0.1, 0.15) is 5.82 Å². The first-order chi connectivity index (χ1) is 12.5. The van der Waals surface area contributed by atoms with Crippen molar-refractivity contribution >= 4 is 11.6 Å². The van der Waals surface area contributed by atoms with Gasteiger partial charge in [0.25, 0.3) is 0 Å². The predicted molar refractivity (Wildman–Crippen MR) is 99.6 cm³/mol. The minimum atomic E-state index is -4.24. The number of rotatable bonds is 9. The average molecular weight is 406 g/mol. The number of nitrogens with one attached hydrogen (secondary N) is 1. The van der Waals surface area contributed by atoms with Gasteiger partial charge < -0.3 is 5.32 Å². The molecule has 1 rings (SSSR count). The number of hydrogen-bond acceptors (Lipinski definition) is 1. The Morgan fingerprint density at radius 3 is 2.37 bits per heavy atom. The zero-order valence-electron chi connectivity index (χ0n) is 15.0. The lowest BCUT2D eigenvalue weighted by atomic mass is 9.95. The van der Waals surface area contributed by atoms with Crippen LogP contribution in [-0.2, 0) is 6.42 Å². The van der Waals surface area contributed by atoms with Crippen molar-refractivity contribution < 1.29 is 22.0 Å². The minimum Gasteiger partial charge on any atom is -0.378 e. The van der Waals surface area contributed by atoms with Crippen molar-refractivity contribution in [3.05, 3.63) is 82.8 Å². The molecule has 0 aliphatic heterocycles. The molecule has 0 spiro atoms. The standard InChI is InChI=1S/C20H21ClF5N/c1-5-16(21)7-6-13(4)18(27-12(2)3)15-8-14(9-17(22)10-15)11-20(25,26)19(23)24/h5-10,18-19,27H,1-2,11H2,3-4H3/b13-6+,16-7+. The summed E-state index contributed by atoms with van der Waals surface area (Å²) in [7, 11) is 0. The molecule has 1 unspecified atom stereocenters. The molecular formula is C20H21ClF5N. The molecule has 0 aromatic heterocycles. The van der Waals surface area contributed by atoms with E-state index in [0.717, 1.165) is 12.1 Å². The summed E-state index contributed by atoms with van der Waals surface area (Å²) in [5.41, 5.74) is 1.30. The lowest BCUT2D eigenvalue weighted by Gasteiger charge is -2.23. The van der Waals surface area contributed by atoms with Gasteiger partial charge in [-0.25, -0.2) is 13.2 Å². The summed E-state index contributed by atoms with van der Waals surface area (Å²) in [6.45, 7) is 10.7. The smallest absolute Gasteiger partial charge is 0.311 e. The van der Waals surface area contributed by atoms with Gasteiger partial charge in [-0.3, -0.25) is 0 Å². The van der Waals surface area contributed by atoms with Gasteiger partial charge in [0.15, 0.2) is 0 Å². The fraction of sp³-hybridized carbons (Fsp3) is 0.300. The highest BCUT2D eigenvalue weighted by Crippen LogP contribution is 2.30. The van der Waals surface area contributed by atoms with E-state index < -0.39 is 30.6 Å². The van der Waals surface area contributed by atoms with Crippen LogP contribution in [0.3, 0.4) is 0 Å². The van der Waals surface area contributed by atoms with Crippen molar-refractivity contribution in [2.45, 2.75) is 38.7 Å². The molecule has 148 valence electrons. The highest BCUT2D eigenvalue weighted by atomic mass is 35.5. The second kappa shape index (κ2) is 9.74. The number of allylic oxidation sites excluding steroid dienone is 5. The molecule has 1 atom stereocenters. The Morgan fingerprint density at radius 1 is 1.22 bits per heavy atom. The summed E-state index contributed by atoms with van der Waals surface area (Å²) in [5, 5.41) is 3.39. The van der Waals surface area contributed by atoms with Crippen LogP contribution in [0.5, 0.6) is 0 Å². The van der Waals surface area contributed by atoms with Crippen molar-refractivity contribution in [2.24, 2.45) is 0 Å². The van der Waals surface area contributed by atoms with E-state index in [-0.39, 0.29) is 5.56 Å². The second-order valence-corrected chi connectivity index (χ2v) is 6.59. The van der Waals surface area contributed by atoms with Crippen LogP contribution in [0.25, 0.3) is 0 Å². The van der Waals surface area contributed by atoms with E-state index in [4.69, 9.17) is 11.6 Å². The van der Waals surface area contributed by atoms with E-state index in [1.807, 2.05) is 0 Å². The summed E-state index contributed by atoms with van der Waals surface area (Å²) in [4.78, 5) is 0. The van der Waals surface area contributed by atoms with Gasteiger partial charge in [-0.15, -0.1) is 0 Å². The van der Waals surface area contributed by atoms with Crippen molar-refractivity contribution in [1.29, 1.82) is 0 Å². The fourth-order valence-corrected chi connectivity index (χ4v) is 2.44. The van der Waals surface area contributed by atoms with Crippen LogP contribution in [0, 0.1) is 5.82 Å². The largest absolute Gasteiger partial charge is 0.378 e. The lowest BCUT2D eigenvalue weighted by molar-refractivity contribution is -0.127. The van der Waals surface area contributed by atoms with Crippen LogP contribution in [0.15, 0.2) is 65.9 Å². The predicted octanol–water partition coefficient (Wildman–Crippen LogP) is 6.69. The normalized spacial score (nSPS) is 14.3. The van der Waals surface area contributed by atoms with Crippen molar-refractivity contribution in [1.82, 2.24) is 5.32 Å². The number of hydrogen-bond donors (Lipinski definition) is 1. The van der Waals surface area contributed by atoms with Gasteiger partial charge in [-0.2, -0.15) is 8.78 Å². The molecule has 0 fully saturated rings. The van der Waals surface area contributed by atoms with Crippen LogP contribution in [-0.4, -0.2) is 12.3 Å². The molecule has 0 radical (unpaired) electrons. The van der Waals surface area contributed by atoms with Crippen LogP contribution in [0.2, 0.25) is 0 Å². The van der Waals surface area contributed by atoms with Gasteiger partial charge in [0.2, 0.25) is 0 Å². The quantitative estimate of drug-likeness (QED) is 0.356. The van der Waals surface area contributed by atoms with Crippen LogP contribution in [0.1, 0.15) is 31.0 Å². The number of alkyl halides is 4. The van der Waals surface area contributed by atoms with E-state index in [2.05, 4.69) is 18.5 Å². The molecule has 0 amide bonds. The average Bonchev–Trinajstić information content (AvgIpc) is 2.55. The number of halogens is 6. The Hall–Kier alpha value is -2.08. The van der Waals surface area contributed by atoms with Gasteiger partial charge in [-0.1, -0.05) is 43.0 Å². The highest BCUT2D eigenvalue weighted by molar-refractivity contribution is 6.31. The van der Waals surface area contributed by atoms with Crippen molar-refractivity contribution in [2.75, 3.05) is 0 Å². The third kappa shape index (κ3) is 7.21. The molecule has 0 saturated heterocycles. The Labute approximate surface area is 160 Å². The molecule has 1 aromatic rings. The topological polar surface area (TPSA) is 12.0 Å². The summed E-state index contributed by atoms with van der Waals surface area (Å²) in [5.74, 6) is -5.04. The molecule has 1 nitrogen and oxygen atoms in total. The highest BCUT2D eigenvalue weighted by Gasteiger charge is 2.40. The van der Waals surface area contributed by atoms with Crippen molar-refractivity contribution in [3.63, 3.8) is 0 Å². The maximum absolute atomic E-state index is 14.0. The van der Waals surface area contributed by atoms with Crippen LogP contribution >= 0.6 is 11.6 Å². The maximum Gasteiger partial charge on any atom is 0.311 e. The Bertz CT molecular complexity index is 753. The molecule has 0 aliphatic rings. The third-order valence-corrected chi connectivity index (χ3v) is 3.90. The third-order valence-electron chi connectivity index (χ3n) is 3.62. The van der Waals surface area contributed by atoms with Gasteiger partial charge >= 0.3 is 12.3 Å². The lowest BCUT2D eigenvalue weighted by Crippen LogP contribution is -2.29. The first-order valence-corrected chi connectivity index (χ1v) is 8.38. The summed E-state index contributed by atoms with van der Waals surface area (Å²) >= 11 is 5.86. The molecule has 0 saturated carbocycles. The number of benzene rings is 1. The molecule has 0 bridgehead atoms. The van der Waals surface area contributed by atoms with E-state index >= 15 is 0 Å². The minimum absolute atomic E-state index is 0.226. The molecule has 1 N–H and O–H groups in total. The summed E-state index contributed by atoms with van der Waals surface area (Å²) in [6, 6.07) is 2.64. The van der Waals surface area contributed by atoms with Gasteiger partial charge in [-0.05, 0) is 48.8 Å². The zero-order chi connectivity index (χ0) is 20.8. The molecular weight excluding hydrogens is 385 g/mol. The first-order valence-electron chi connectivity index (χ1n) is 8.00. The fourth-order valence-electron chi connectivity index (χ4n) is 2.38. The Balaban J connectivity index is 3.34. The van der Waals surface area contributed by atoms with Crippen LogP contribution < -0.4 is 5.32 Å². The zero-order valence-corrected chi connectivity index (χ0v) is 15.8. The first kappa shape index (κ1) is 23.0. The maximum atomic E-state index is 14.0. The second-order valence-electron chi connectivity index (χ2n) is 6.16. The molecule has 0 aliphatic carbocycles. The molecule has 0 heterocycles. The molecule has 7 heteroatoms. The molecule has 1 aromatic carbocycles. The van der Waals surface area contributed by atoms with E-state index in [1.54, 1.807) is 26.0 Å². The Morgan fingerprint density at radius 2 is 1.85 bits per heavy atom. The van der Waals surface area contributed by atoms with Gasteiger partial charge in [0.05, 0.1) is 6.04 Å². The Kier molecular flexibility index (Phi) is 8.28. The van der Waals surface area contributed by atoms with Gasteiger partial charge in [0, 0.05) is 17.2 Å². The van der Waals surface area contributed by atoms with Crippen LogP contribution in [0.4, 0.5) is 22.0 Å². The SMILES string of the molecule is C=C/C(Cl)=C\C=C(/C)C(NC(=C)C)c1cc(F)cc(CC(F)(F)C(F)F)c1. The summed E-state index contributed by atoms with van der Waals surface area (Å²) < 4.78 is 65.7. The summed E-state index contributed by atoms with van der Waals surface area (Å²) in [6.07, 6.45) is -0.439. The van der Waals surface area contributed by atoms with Crippen molar-refractivity contribution in [3.8, 4) is 0 Å². The van der Waals surface area contributed by atoms with E-state index in [1.165, 1.54) is 12.1 Å². The molecule has 27 heavy (non-hydrogen) atoms. The van der Waals surface area contributed by atoms with E-state index in [9.17, 15) is 22.0 Å².